The van der Waals surface area contributed by atoms with Gasteiger partial charge in [-0.15, -0.1) is 0 Å². The number of aliphatic carboxylic acids is 1. The number of carbonyl (C=O) groups is 1. The average molecular weight is 232 g/mol. The third-order valence-corrected chi connectivity index (χ3v) is 1.99. The van der Waals surface area contributed by atoms with E-state index >= 15 is 0 Å². The zero-order chi connectivity index (χ0) is 9.78. The minimum absolute atomic E-state index is 0. The van der Waals surface area contributed by atoms with Crippen molar-refractivity contribution in [3.05, 3.63) is 11.0 Å². The van der Waals surface area contributed by atoms with Gasteiger partial charge in [-0.1, -0.05) is 19.4 Å². The van der Waals surface area contributed by atoms with Crippen LogP contribution >= 0.6 is 0 Å². The molecular formula is C6H9KO5S. The molecule has 0 aromatic heterocycles. The van der Waals surface area contributed by atoms with Gasteiger partial charge in [0, 0.05) is 0 Å². The van der Waals surface area contributed by atoms with Crippen LogP contribution in [0.25, 0.3) is 0 Å². The minimum Gasteiger partial charge on any atom is -0.544 e. The molecule has 0 rings (SSSR count). The predicted octanol–water partition coefficient (Wildman–Crippen LogP) is -3.69. The standard InChI is InChI=1S/C6H10O5S.K/c1-2-3-4-5(6(7)8)12(9,10)11;/h4H,2-3H2,1H3,(H,7,8)(H,9,10,11);/q;+1/p-1/b5-4+;. The van der Waals surface area contributed by atoms with Gasteiger partial charge in [-0.25, -0.2) is 0 Å². The fourth-order valence-corrected chi connectivity index (χ4v) is 1.11. The molecule has 13 heavy (non-hydrogen) atoms. The maximum Gasteiger partial charge on any atom is 1.00 e. The van der Waals surface area contributed by atoms with Gasteiger partial charge in [-0.05, 0) is 6.42 Å². The summed E-state index contributed by atoms with van der Waals surface area (Å²) in [4.78, 5) is 9.07. The van der Waals surface area contributed by atoms with Crippen LogP contribution in [0, 0.1) is 0 Å². The number of hydrogen-bond acceptors (Lipinski definition) is 4. The molecule has 1 N–H and O–H groups in total. The summed E-state index contributed by atoms with van der Waals surface area (Å²) in [6.07, 6.45) is 1.78. The smallest absolute Gasteiger partial charge is 0.544 e. The van der Waals surface area contributed by atoms with Crippen molar-refractivity contribution in [1.29, 1.82) is 0 Å². The molecule has 0 aromatic carbocycles. The molecule has 0 saturated heterocycles. The summed E-state index contributed by atoms with van der Waals surface area (Å²) in [5, 5.41) is 10.1. The van der Waals surface area contributed by atoms with Crippen LogP contribution in [0.2, 0.25) is 0 Å². The van der Waals surface area contributed by atoms with Crippen LogP contribution in [-0.2, 0) is 14.9 Å². The Morgan fingerprint density at radius 1 is 1.54 bits per heavy atom. The second kappa shape index (κ2) is 7.10. The van der Waals surface area contributed by atoms with Gasteiger partial charge < -0.3 is 9.90 Å². The quantitative estimate of drug-likeness (QED) is 0.306. The van der Waals surface area contributed by atoms with E-state index in [2.05, 4.69) is 0 Å². The fourth-order valence-electron chi connectivity index (χ4n) is 0.569. The number of allylic oxidation sites excluding steroid dienone is 1. The Labute approximate surface area is 119 Å². The van der Waals surface area contributed by atoms with Crippen molar-refractivity contribution in [1.82, 2.24) is 0 Å². The van der Waals surface area contributed by atoms with Crippen molar-refractivity contribution >= 4 is 16.1 Å². The zero-order valence-corrected chi connectivity index (χ0v) is 11.4. The molecule has 0 amide bonds. The molecule has 70 valence electrons. The van der Waals surface area contributed by atoms with Crippen LogP contribution in [0.3, 0.4) is 0 Å². The predicted molar refractivity (Wildman–Crippen MR) is 39.5 cm³/mol. The van der Waals surface area contributed by atoms with Crippen LogP contribution in [0.4, 0.5) is 0 Å². The summed E-state index contributed by atoms with van der Waals surface area (Å²) in [6.45, 7) is 1.74. The molecule has 0 radical (unpaired) electrons. The second-order valence-corrected chi connectivity index (χ2v) is 3.51. The molecule has 0 fully saturated rings. The molecule has 0 spiro atoms. The number of hydrogen-bond donors (Lipinski definition) is 1. The molecule has 0 unspecified atom stereocenters. The van der Waals surface area contributed by atoms with Crippen LogP contribution in [0.1, 0.15) is 19.8 Å². The topological polar surface area (TPSA) is 94.5 Å². The largest absolute Gasteiger partial charge is 1.00 e. The van der Waals surface area contributed by atoms with Crippen molar-refractivity contribution in [3.8, 4) is 0 Å². The van der Waals surface area contributed by atoms with Crippen LogP contribution in [-0.4, -0.2) is 18.9 Å². The van der Waals surface area contributed by atoms with E-state index in [-0.39, 0.29) is 57.8 Å². The first-order chi connectivity index (χ1) is 5.39. The van der Waals surface area contributed by atoms with Crippen LogP contribution in [0.5, 0.6) is 0 Å². The van der Waals surface area contributed by atoms with Gasteiger partial charge in [0.05, 0.1) is 5.97 Å². The van der Waals surface area contributed by atoms with E-state index < -0.39 is 21.0 Å². The molecule has 0 aliphatic rings. The van der Waals surface area contributed by atoms with E-state index in [0.29, 0.717) is 6.42 Å². The number of carboxylic acid groups (broad SMARTS) is 1. The van der Waals surface area contributed by atoms with Crippen molar-refractivity contribution in [2.45, 2.75) is 19.8 Å². The Hall–Kier alpha value is 0.756. The molecule has 0 bridgehead atoms. The van der Waals surface area contributed by atoms with E-state index in [1.165, 1.54) is 0 Å². The number of rotatable bonds is 4. The first kappa shape index (κ1) is 16.2. The molecule has 0 aromatic rings. The van der Waals surface area contributed by atoms with Crippen molar-refractivity contribution in [3.63, 3.8) is 0 Å². The first-order valence-electron chi connectivity index (χ1n) is 3.28. The Bertz CT molecular complexity index is 292. The van der Waals surface area contributed by atoms with E-state index in [0.717, 1.165) is 6.08 Å². The second-order valence-electron chi connectivity index (χ2n) is 2.12. The van der Waals surface area contributed by atoms with Gasteiger partial charge in [0.2, 0.25) is 0 Å². The molecule has 5 nitrogen and oxygen atoms in total. The van der Waals surface area contributed by atoms with Gasteiger partial charge in [-0.2, -0.15) is 8.42 Å². The van der Waals surface area contributed by atoms with E-state index in [4.69, 9.17) is 4.55 Å². The molecule has 0 aliphatic carbocycles. The van der Waals surface area contributed by atoms with Gasteiger partial charge >= 0.3 is 51.4 Å². The molecule has 0 aliphatic heterocycles. The van der Waals surface area contributed by atoms with Gasteiger partial charge in [0.25, 0.3) is 10.1 Å². The van der Waals surface area contributed by atoms with Crippen molar-refractivity contribution in [2.24, 2.45) is 0 Å². The SMILES string of the molecule is CCC/C=C(\C(=O)[O-])S(=O)(=O)O.[K+]. The molecular weight excluding hydrogens is 223 g/mol. The summed E-state index contributed by atoms with van der Waals surface area (Å²) in [7, 11) is -4.64. The van der Waals surface area contributed by atoms with Gasteiger partial charge in [0.1, 0.15) is 4.91 Å². The number of carbonyl (C=O) groups excluding carboxylic acids is 1. The summed E-state index contributed by atoms with van der Waals surface area (Å²) >= 11 is 0. The third-order valence-electron chi connectivity index (χ3n) is 1.10. The zero-order valence-electron chi connectivity index (χ0n) is 7.48. The Balaban J connectivity index is 0. The molecule has 0 saturated carbocycles. The average Bonchev–Trinajstić information content (AvgIpc) is 1.84. The van der Waals surface area contributed by atoms with Gasteiger partial charge in [-0.3, -0.25) is 4.55 Å². The van der Waals surface area contributed by atoms with Crippen LogP contribution < -0.4 is 56.5 Å². The molecule has 0 heterocycles. The first-order valence-corrected chi connectivity index (χ1v) is 4.72. The van der Waals surface area contributed by atoms with Crippen molar-refractivity contribution < 1.29 is 74.3 Å². The summed E-state index contributed by atoms with van der Waals surface area (Å²) in [5.41, 5.74) is 0. The Kier molecular flexibility index (Phi) is 8.85. The minimum atomic E-state index is -4.64. The van der Waals surface area contributed by atoms with E-state index in [1.807, 2.05) is 0 Å². The Morgan fingerprint density at radius 3 is 2.23 bits per heavy atom. The van der Waals surface area contributed by atoms with Crippen molar-refractivity contribution in [2.75, 3.05) is 0 Å². The number of carboxylic acids is 1. The normalized spacial score (nSPS) is 12.0. The summed E-state index contributed by atoms with van der Waals surface area (Å²) in [6, 6.07) is 0. The molecule has 7 heteroatoms. The van der Waals surface area contributed by atoms with E-state index in [1.54, 1.807) is 6.92 Å². The van der Waals surface area contributed by atoms with Gasteiger partial charge in [0.15, 0.2) is 0 Å². The Morgan fingerprint density at radius 2 is 2.00 bits per heavy atom. The molecule has 0 atom stereocenters. The number of unbranched alkanes of at least 4 members (excludes halogenated alkanes) is 1. The fraction of sp³-hybridized carbons (Fsp3) is 0.500. The van der Waals surface area contributed by atoms with Crippen LogP contribution in [0.15, 0.2) is 11.0 Å². The monoisotopic (exact) mass is 232 g/mol. The summed E-state index contributed by atoms with van der Waals surface area (Å²) < 4.78 is 29.0. The summed E-state index contributed by atoms with van der Waals surface area (Å²) in [5.74, 6) is -1.88. The third kappa shape index (κ3) is 6.78. The van der Waals surface area contributed by atoms with E-state index in [9.17, 15) is 18.3 Å². The maximum absolute atomic E-state index is 10.3. The maximum atomic E-state index is 10.3.